The molecule has 1 aromatic heterocycles. The lowest BCUT2D eigenvalue weighted by Crippen LogP contribution is -2.23. The van der Waals surface area contributed by atoms with E-state index in [0.29, 0.717) is 25.3 Å². The maximum atomic E-state index is 12.7. The van der Waals surface area contributed by atoms with Crippen molar-refractivity contribution in [2.45, 2.75) is 40.4 Å². The molecule has 0 bridgehead atoms. The average Bonchev–Trinajstić information content (AvgIpc) is 3.02. The summed E-state index contributed by atoms with van der Waals surface area (Å²) in [5.41, 5.74) is 11.7. The summed E-state index contributed by atoms with van der Waals surface area (Å²) in [4.78, 5) is 12.7. The summed E-state index contributed by atoms with van der Waals surface area (Å²) in [6.07, 6.45) is 0. The largest absolute Gasteiger partial charge is 0.494 e. The molecule has 3 N–H and O–H groups in total. The van der Waals surface area contributed by atoms with Gasteiger partial charge in [0.1, 0.15) is 5.75 Å². The summed E-state index contributed by atoms with van der Waals surface area (Å²) >= 11 is 0. The van der Waals surface area contributed by atoms with Crippen LogP contribution in [0, 0.1) is 13.8 Å². The maximum absolute atomic E-state index is 12.7. The van der Waals surface area contributed by atoms with E-state index >= 15 is 0 Å². The number of aromatic nitrogens is 1. The van der Waals surface area contributed by atoms with E-state index in [0.717, 1.165) is 34.8 Å². The van der Waals surface area contributed by atoms with Crippen LogP contribution in [-0.2, 0) is 19.6 Å². The fraction of sp³-hybridized carbons (Fsp3) is 0.292. The van der Waals surface area contributed by atoms with E-state index in [-0.39, 0.29) is 5.91 Å². The van der Waals surface area contributed by atoms with Crippen LogP contribution in [0.25, 0.3) is 0 Å². The molecule has 3 rings (SSSR count). The molecule has 0 saturated heterocycles. The molecule has 2 aromatic carbocycles. The lowest BCUT2D eigenvalue weighted by atomic mass is 10.1. The van der Waals surface area contributed by atoms with Crippen LogP contribution in [0.5, 0.6) is 5.75 Å². The summed E-state index contributed by atoms with van der Waals surface area (Å²) in [5, 5.41) is 3.02. The minimum Gasteiger partial charge on any atom is -0.494 e. The van der Waals surface area contributed by atoms with Gasteiger partial charge in [-0.3, -0.25) is 4.79 Å². The standard InChI is InChI=1S/C24H29N3O2/c1-4-29-22-11-9-21(10-12-22)16-27-17(2)13-23(18(27)3)24(28)26-15-20-7-5-19(14-25)6-8-20/h5-13H,4,14-16,25H2,1-3H3,(H,26,28). The van der Waals surface area contributed by atoms with E-state index in [1.54, 1.807) is 0 Å². The molecule has 5 heteroatoms. The Hall–Kier alpha value is -3.05. The van der Waals surface area contributed by atoms with Crippen molar-refractivity contribution in [2.75, 3.05) is 6.61 Å². The molecular weight excluding hydrogens is 362 g/mol. The average molecular weight is 392 g/mol. The molecule has 29 heavy (non-hydrogen) atoms. The number of nitrogens with two attached hydrogens (primary N) is 1. The molecule has 5 nitrogen and oxygen atoms in total. The smallest absolute Gasteiger partial charge is 0.253 e. The predicted octanol–water partition coefficient (Wildman–Crippen LogP) is 3.94. The van der Waals surface area contributed by atoms with Crippen LogP contribution in [0.15, 0.2) is 54.6 Å². The van der Waals surface area contributed by atoms with Crippen LogP contribution in [0.1, 0.15) is 45.4 Å². The third-order valence-electron chi connectivity index (χ3n) is 5.11. The quantitative estimate of drug-likeness (QED) is 0.611. The minimum absolute atomic E-state index is 0.0565. The number of carbonyl (C=O) groups excluding carboxylic acids is 1. The van der Waals surface area contributed by atoms with Gasteiger partial charge in [-0.2, -0.15) is 0 Å². The van der Waals surface area contributed by atoms with Crippen molar-refractivity contribution in [1.29, 1.82) is 0 Å². The van der Waals surface area contributed by atoms with Crippen molar-refractivity contribution in [1.82, 2.24) is 9.88 Å². The summed E-state index contributed by atoms with van der Waals surface area (Å²) in [5.74, 6) is 0.815. The first-order chi connectivity index (χ1) is 14.0. The summed E-state index contributed by atoms with van der Waals surface area (Å²) in [6, 6.07) is 18.0. The Labute approximate surface area is 172 Å². The topological polar surface area (TPSA) is 69.3 Å². The van der Waals surface area contributed by atoms with Crippen LogP contribution in [-0.4, -0.2) is 17.1 Å². The van der Waals surface area contributed by atoms with Gasteiger partial charge in [-0.25, -0.2) is 0 Å². The Balaban J connectivity index is 1.68. The second-order valence-corrected chi connectivity index (χ2v) is 7.15. The summed E-state index contributed by atoms with van der Waals surface area (Å²) < 4.78 is 7.67. The van der Waals surface area contributed by atoms with Gasteiger partial charge < -0.3 is 20.4 Å². The maximum Gasteiger partial charge on any atom is 0.253 e. The van der Waals surface area contributed by atoms with Gasteiger partial charge in [0, 0.05) is 31.0 Å². The Kier molecular flexibility index (Phi) is 6.73. The van der Waals surface area contributed by atoms with Gasteiger partial charge in [-0.15, -0.1) is 0 Å². The van der Waals surface area contributed by atoms with Crippen LogP contribution >= 0.6 is 0 Å². The second kappa shape index (κ2) is 9.43. The molecule has 0 aliphatic carbocycles. The molecule has 0 fully saturated rings. The highest BCUT2D eigenvalue weighted by Crippen LogP contribution is 2.19. The predicted molar refractivity (Wildman–Crippen MR) is 116 cm³/mol. The third kappa shape index (κ3) is 5.06. The zero-order valence-electron chi connectivity index (χ0n) is 17.4. The fourth-order valence-corrected chi connectivity index (χ4v) is 3.39. The normalized spacial score (nSPS) is 10.8. The molecule has 0 saturated carbocycles. The monoisotopic (exact) mass is 391 g/mol. The zero-order chi connectivity index (χ0) is 20.8. The van der Waals surface area contributed by atoms with E-state index in [2.05, 4.69) is 22.0 Å². The van der Waals surface area contributed by atoms with Crippen molar-refractivity contribution >= 4 is 5.91 Å². The van der Waals surface area contributed by atoms with Gasteiger partial charge in [-0.05, 0) is 55.7 Å². The van der Waals surface area contributed by atoms with Crippen molar-refractivity contribution < 1.29 is 9.53 Å². The van der Waals surface area contributed by atoms with Crippen LogP contribution in [0.2, 0.25) is 0 Å². The van der Waals surface area contributed by atoms with Gasteiger partial charge in [0.2, 0.25) is 0 Å². The molecule has 152 valence electrons. The molecule has 1 heterocycles. The number of nitrogens with one attached hydrogen (secondary N) is 1. The molecule has 0 unspecified atom stereocenters. The van der Waals surface area contributed by atoms with E-state index < -0.39 is 0 Å². The zero-order valence-corrected chi connectivity index (χ0v) is 17.4. The van der Waals surface area contributed by atoms with E-state index in [4.69, 9.17) is 10.5 Å². The number of benzene rings is 2. The molecule has 0 aliphatic heterocycles. The molecule has 0 spiro atoms. The van der Waals surface area contributed by atoms with Crippen molar-refractivity contribution in [3.63, 3.8) is 0 Å². The van der Waals surface area contributed by atoms with Gasteiger partial charge in [0.15, 0.2) is 0 Å². The van der Waals surface area contributed by atoms with Gasteiger partial charge >= 0.3 is 0 Å². The lowest BCUT2D eigenvalue weighted by molar-refractivity contribution is 0.0950. The molecule has 0 aliphatic rings. The number of hydrogen-bond acceptors (Lipinski definition) is 3. The van der Waals surface area contributed by atoms with Gasteiger partial charge in [0.25, 0.3) is 5.91 Å². The van der Waals surface area contributed by atoms with Crippen LogP contribution < -0.4 is 15.8 Å². The number of nitrogens with zero attached hydrogens (tertiary/aromatic N) is 1. The number of carbonyl (C=O) groups is 1. The first kappa shape index (κ1) is 20.7. The highest BCUT2D eigenvalue weighted by atomic mass is 16.5. The highest BCUT2D eigenvalue weighted by Gasteiger charge is 2.15. The minimum atomic E-state index is -0.0565. The van der Waals surface area contributed by atoms with Crippen molar-refractivity contribution in [3.8, 4) is 5.75 Å². The number of aryl methyl sites for hydroxylation is 1. The molecular formula is C24H29N3O2. The van der Waals surface area contributed by atoms with Crippen molar-refractivity contribution in [2.24, 2.45) is 5.73 Å². The first-order valence-electron chi connectivity index (χ1n) is 9.96. The number of ether oxygens (including phenoxy) is 1. The van der Waals surface area contributed by atoms with Gasteiger partial charge in [0.05, 0.1) is 12.2 Å². The SMILES string of the molecule is CCOc1ccc(Cn2c(C)cc(C(=O)NCc3ccc(CN)cc3)c2C)cc1. The summed E-state index contributed by atoms with van der Waals surface area (Å²) in [6.45, 7) is 8.39. The Morgan fingerprint density at radius 2 is 1.62 bits per heavy atom. The van der Waals surface area contributed by atoms with Crippen LogP contribution in [0.3, 0.4) is 0 Å². The number of amides is 1. The third-order valence-corrected chi connectivity index (χ3v) is 5.11. The Morgan fingerprint density at radius 1 is 1.00 bits per heavy atom. The lowest BCUT2D eigenvalue weighted by Gasteiger charge is -2.11. The van der Waals surface area contributed by atoms with E-state index in [1.165, 1.54) is 5.56 Å². The highest BCUT2D eigenvalue weighted by molar-refractivity contribution is 5.95. The van der Waals surface area contributed by atoms with Crippen molar-refractivity contribution in [3.05, 3.63) is 88.2 Å². The molecule has 0 atom stereocenters. The Morgan fingerprint density at radius 3 is 2.24 bits per heavy atom. The fourth-order valence-electron chi connectivity index (χ4n) is 3.39. The van der Waals surface area contributed by atoms with E-state index in [9.17, 15) is 4.79 Å². The molecule has 0 radical (unpaired) electrons. The van der Waals surface area contributed by atoms with E-state index in [1.807, 2.05) is 63.2 Å². The molecule has 3 aromatic rings. The molecule has 1 amide bonds. The van der Waals surface area contributed by atoms with Gasteiger partial charge in [-0.1, -0.05) is 36.4 Å². The number of hydrogen-bond donors (Lipinski definition) is 2. The van der Waals surface area contributed by atoms with Crippen LogP contribution in [0.4, 0.5) is 0 Å². The Bertz CT molecular complexity index is 957. The first-order valence-corrected chi connectivity index (χ1v) is 9.96. The summed E-state index contributed by atoms with van der Waals surface area (Å²) in [7, 11) is 0. The second-order valence-electron chi connectivity index (χ2n) is 7.15. The number of rotatable bonds is 8.